The molecule has 0 saturated carbocycles. The van der Waals surface area contributed by atoms with Crippen molar-refractivity contribution in [2.75, 3.05) is 0 Å². The number of aryl methyl sites for hydroxylation is 1. The van der Waals surface area contributed by atoms with Crippen LogP contribution in [0, 0.1) is 6.92 Å². The van der Waals surface area contributed by atoms with Gasteiger partial charge in [0, 0.05) is 5.56 Å². The second kappa shape index (κ2) is 7.42. The van der Waals surface area contributed by atoms with Crippen molar-refractivity contribution in [2.24, 2.45) is 0 Å². The molecule has 3 aromatic carbocycles. The first-order valence-electron chi connectivity index (χ1n) is 8.31. The molecule has 0 heterocycles. The molecule has 3 rings (SSSR count). The number of rotatable bonds is 6. The van der Waals surface area contributed by atoms with Crippen LogP contribution in [0.1, 0.15) is 22.3 Å². The zero-order valence-electron chi connectivity index (χ0n) is 14.4. The Labute approximate surface area is 152 Å². The first kappa shape index (κ1) is 17.7. The van der Waals surface area contributed by atoms with Crippen LogP contribution in [0.2, 0.25) is 0 Å². The molecule has 0 aliphatic rings. The van der Waals surface area contributed by atoms with Crippen LogP contribution in [0.3, 0.4) is 0 Å². The highest BCUT2D eigenvalue weighted by Gasteiger charge is 2.42. The van der Waals surface area contributed by atoms with Gasteiger partial charge >= 0.3 is 5.97 Å². The summed E-state index contributed by atoms with van der Waals surface area (Å²) in [6.45, 7) is 2.12. The quantitative estimate of drug-likeness (QED) is 0.709. The van der Waals surface area contributed by atoms with Crippen molar-refractivity contribution in [2.45, 2.75) is 19.1 Å². The van der Waals surface area contributed by atoms with E-state index in [2.05, 4.69) is 0 Å². The molecule has 0 radical (unpaired) electrons. The predicted octanol–water partition coefficient (Wildman–Crippen LogP) is 3.89. The molecule has 0 bridgehead atoms. The maximum absolute atomic E-state index is 12.1. The van der Waals surface area contributed by atoms with Gasteiger partial charge in [-0.05, 0) is 30.2 Å². The molecule has 4 heteroatoms. The van der Waals surface area contributed by atoms with E-state index in [1.807, 2.05) is 43.3 Å². The lowest BCUT2D eigenvalue weighted by Gasteiger charge is -2.27. The molecule has 2 N–H and O–H groups in total. The van der Waals surface area contributed by atoms with Crippen molar-refractivity contribution < 1.29 is 19.7 Å². The van der Waals surface area contributed by atoms with Gasteiger partial charge in [0.2, 0.25) is 5.60 Å². The van der Waals surface area contributed by atoms with Crippen LogP contribution in [-0.2, 0) is 17.0 Å². The highest BCUT2D eigenvalue weighted by atomic mass is 16.5. The lowest BCUT2D eigenvalue weighted by atomic mass is 9.85. The molecular formula is C22H20O4. The normalized spacial score (nSPS) is 13.0. The zero-order chi connectivity index (χ0) is 18.6. The Balaban J connectivity index is 2.04. The second-order valence-corrected chi connectivity index (χ2v) is 6.16. The molecule has 0 aliphatic heterocycles. The van der Waals surface area contributed by atoms with E-state index >= 15 is 0 Å². The fraction of sp³-hybridized carbons (Fsp3) is 0.136. The molecule has 4 nitrogen and oxygen atoms in total. The van der Waals surface area contributed by atoms with Gasteiger partial charge in [-0.2, -0.15) is 0 Å². The number of aliphatic carboxylic acids is 1. The summed E-state index contributed by atoms with van der Waals surface area (Å²) >= 11 is 0. The van der Waals surface area contributed by atoms with E-state index in [1.54, 1.807) is 42.5 Å². The monoisotopic (exact) mass is 348 g/mol. The molecule has 3 aromatic rings. The number of carboxylic acid groups (broad SMARTS) is 1. The fourth-order valence-electron chi connectivity index (χ4n) is 2.86. The minimum absolute atomic E-state index is 0.215. The van der Waals surface area contributed by atoms with Crippen molar-refractivity contribution >= 4 is 5.97 Å². The topological polar surface area (TPSA) is 66.8 Å². The lowest BCUT2D eigenvalue weighted by Crippen LogP contribution is -2.37. The van der Waals surface area contributed by atoms with Gasteiger partial charge < -0.3 is 14.9 Å². The fourth-order valence-corrected chi connectivity index (χ4v) is 2.86. The molecule has 0 fully saturated rings. The van der Waals surface area contributed by atoms with Crippen molar-refractivity contribution in [1.29, 1.82) is 0 Å². The van der Waals surface area contributed by atoms with Gasteiger partial charge in [-0.15, -0.1) is 0 Å². The summed E-state index contributed by atoms with van der Waals surface area (Å²) in [6.07, 6.45) is 0. The summed E-state index contributed by atoms with van der Waals surface area (Å²) < 4.78 is 5.87. The summed E-state index contributed by atoms with van der Waals surface area (Å²) in [6, 6.07) is 23.1. The molecule has 0 spiro atoms. The van der Waals surface area contributed by atoms with E-state index in [1.165, 1.54) is 0 Å². The third-order valence-electron chi connectivity index (χ3n) is 4.26. The van der Waals surface area contributed by atoms with Gasteiger partial charge in [0.1, 0.15) is 12.4 Å². The molecule has 0 saturated heterocycles. The SMILES string of the molecule is Cc1ccc(OCc2ccccc2)c(C(O)(C(=O)O)c2ccccc2)c1. The maximum Gasteiger partial charge on any atom is 0.345 e. The summed E-state index contributed by atoms with van der Waals surface area (Å²) in [5, 5.41) is 21.0. The van der Waals surface area contributed by atoms with Gasteiger partial charge in [-0.1, -0.05) is 72.3 Å². The summed E-state index contributed by atoms with van der Waals surface area (Å²) in [5.74, 6) is -1.01. The molecule has 26 heavy (non-hydrogen) atoms. The van der Waals surface area contributed by atoms with Crippen LogP contribution in [0.5, 0.6) is 5.75 Å². The number of hydrogen-bond acceptors (Lipinski definition) is 3. The van der Waals surface area contributed by atoms with Gasteiger partial charge in [0.25, 0.3) is 0 Å². The number of aliphatic hydroxyl groups is 1. The van der Waals surface area contributed by atoms with Gasteiger partial charge in [0.15, 0.2) is 0 Å². The zero-order valence-corrected chi connectivity index (χ0v) is 14.4. The number of benzene rings is 3. The van der Waals surface area contributed by atoms with Gasteiger partial charge in [0.05, 0.1) is 0 Å². The summed E-state index contributed by atoms with van der Waals surface area (Å²) in [4.78, 5) is 12.1. The van der Waals surface area contributed by atoms with Crippen molar-refractivity contribution in [3.05, 3.63) is 101 Å². The van der Waals surface area contributed by atoms with E-state index in [9.17, 15) is 15.0 Å². The van der Waals surface area contributed by atoms with Gasteiger partial charge in [-0.3, -0.25) is 0 Å². The second-order valence-electron chi connectivity index (χ2n) is 6.16. The van der Waals surface area contributed by atoms with Gasteiger partial charge in [-0.25, -0.2) is 4.79 Å². The third kappa shape index (κ3) is 3.46. The van der Waals surface area contributed by atoms with E-state index in [-0.39, 0.29) is 17.7 Å². The molecule has 132 valence electrons. The van der Waals surface area contributed by atoms with E-state index in [0.717, 1.165) is 11.1 Å². The highest BCUT2D eigenvalue weighted by molar-refractivity contribution is 5.84. The van der Waals surface area contributed by atoms with Crippen molar-refractivity contribution in [1.82, 2.24) is 0 Å². The minimum atomic E-state index is -2.20. The number of carboxylic acids is 1. The van der Waals surface area contributed by atoms with Crippen molar-refractivity contribution in [3.8, 4) is 5.75 Å². The van der Waals surface area contributed by atoms with E-state index in [4.69, 9.17) is 4.74 Å². The van der Waals surface area contributed by atoms with Crippen LogP contribution in [-0.4, -0.2) is 16.2 Å². The first-order chi connectivity index (χ1) is 12.5. The van der Waals surface area contributed by atoms with Crippen LogP contribution in [0.15, 0.2) is 78.9 Å². The Kier molecular flexibility index (Phi) is 5.05. The van der Waals surface area contributed by atoms with Crippen molar-refractivity contribution in [3.63, 3.8) is 0 Å². The standard InChI is InChI=1S/C22H20O4/c1-16-12-13-20(26-15-17-8-4-2-5-9-17)19(14-16)22(25,21(23)24)18-10-6-3-7-11-18/h2-14,25H,15H2,1H3,(H,23,24). The Morgan fingerprint density at radius 1 is 0.962 bits per heavy atom. The average molecular weight is 348 g/mol. The summed E-state index contributed by atoms with van der Waals surface area (Å²) in [5.41, 5.74) is 0.0920. The van der Waals surface area contributed by atoms with Crippen LogP contribution < -0.4 is 4.74 Å². The predicted molar refractivity (Wildman–Crippen MR) is 99.0 cm³/mol. The largest absolute Gasteiger partial charge is 0.488 e. The van der Waals surface area contributed by atoms with E-state index < -0.39 is 11.6 Å². The number of hydrogen-bond donors (Lipinski definition) is 2. The average Bonchev–Trinajstić information content (AvgIpc) is 2.67. The number of ether oxygens (including phenoxy) is 1. The minimum Gasteiger partial charge on any atom is -0.488 e. The highest BCUT2D eigenvalue weighted by Crippen LogP contribution is 2.37. The Bertz CT molecular complexity index is 891. The maximum atomic E-state index is 12.1. The Morgan fingerprint density at radius 2 is 1.58 bits per heavy atom. The molecule has 0 amide bonds. The molecule has 1 unspecified atom stereocenters. The smallest absolute Gasteiger partial charge is 0.345 e. The van der Waals surface area contributed by atoms with Crippen LogP contribution in [0.25, 0.3) is 0 Å². The molecule has 1 atom stereocenters. The molecule has 0 aromatic heterocycles. The Hall–Kier alpha value is -3.11. The number of carbonyl (C=O) groups is 1. The first-order valence-corrected chi connectivity index (χ1v) is 8.31. The molecular weight excluding hydrogens is 328 g/mol. The third-order valence-corrected chi connectivity index (χ3v) is 4.26. The Morgan fingerprint density at radius 3 is 2.19 bits per heavy atom. The summed E-state index contributed by atoms with van der Waals surface area (Å²) in [7, 11) is 0. The van der Waals surface area contributed by atoms with Crippen LogP contribution in [0.4, 0.5) is 0 Å². The van der Waals surface area contributed by atoms with Crippen LogP contribution >= 0.6 is 0 Å². The molecule has 0 aliphatic carbocycles. The lowest BCUT2D eigenvalue weighted by molar-refractivity contribution is -0.155. The van der Waals surface area contributed by atoms with E-state index in [0.29, 0.717) is 5.75 Å².